The molecule has 2 rings (SSSR count). The summed E-state index contributed by atoms with van der Waals surface area (Å²) >= 11 is 4.69. The molecule has 1 N–H and O–H groups in total. The van der Waals surface area contributed by atoms with Crippen LogP contribution in [-0.2, 0) is 0 Å². The minimum atomic E-state index is -0.291. The van der Waals surface area contributed by atoms with E-state index in [9.17, 15) is 4.39 Å². The molecule has 1 heterocycles. The van der Waals surface area contributed by atoms with Crippen molar-refractivity contribution in [2.45, 2.75) is 13.0 Å². The summed E-state index contributed by atoms with van der Waals surface area (Å²) in [4.78, 5) is 0. The van der Waals surface area contributed by atoms with E-state index in [1.165, 1.54) is 17.4 Å². The van der Waals surface area contributed by atoms with Crippen molar-refractivity contribution in [1.29, 1.82) is 0 Å². The first-order valence-corrected chi connectivity index (χ1v) is 6.69. The van der Waals surface area contributed by atoms with Crippen LogP contribution in [0, 0.1) is 5.82 Å². The van der Waals surface area contributed by atoms with E-state index in [0.717, 1.165) is 10.6 Å². The summed E-state index contributed by atoms with van der Waals surface area (Å²) in [5.74, 6) is -0.291. The largest absolute Gasteiger partial charge is 0.311 e. The molecule has 0 radical (unpaired) electrons. The Kier molecular flexibility index (Phi) is 3.86. The lowest BCUT2D eigenvalue weighted by Gasteiger charge is -2.03. The molecule has 3 nitrogen and oxygen atoms in total. The maximum atomic E-state index is 13.4. The highest BCUT2D eigenvalue weighted by atomic mass is 79.9. The highest BCUT2D eigenvalue weighted by Gasteiger charge is 2.14. The van der Waals surface area contributed by atoms with Gasteiger partial charge in [-0.1, -0.05) is 23.5 Å². The average molecular weight is 316 g/mol. The zero-order valence-electron chi connectivity index (χ0n) is 9.37. The normalized spacial score (nSPS) is 12.7. The summed E-state index contributed by atoms with van der Waals surface area (Å²) in [6.07, 6.45) is 0. The SMILES string of the molecule is CNC(C)c1nnc(-c2cccc(F)c2Br)s1. The van der Waals surface area contributed by atoms with Crippen LogP contribution in [0.3, 0.4) is 0 Å². The van der Waals surface area contributed by atoms with Gasteiger partial charge < -0.3 is 5.32 Å². The molecule has 0 aliphatic heterocycles. The van der Waals surface area contributed by atoms with E-state index in [2.05, 4.69) is 31.4 Å². The lowest BCUT2D eigenvalue weighted by molar-refractivity contribution is 0.621. The summed E-state index contributed by atoms with van der Waals surface area (Å²) < 4.78 is 13.8. The van der Waals surface area contributed by atoms with Crippen LogP contribution in [-0.4, -0.2) is 17.2 Å². The Balaban J connectivity index is 2.40. The van der Waals surface area contributed by atoms with Gasteiger partial charge in [-0.05, 0) is 36.0 Å². The zero-order chi connectivity index (χ0) is 12.4. The van der Waals surface area contributed by atoms with Crippen LogP contribution in [0.4, 0.5) is 4.39 Å². The van der Waals surface area contributed by atoms with Crippen molar-refractivity contribution in [3.05, 3.63) is 33.5 Å². The molecule has 17 heavy (non-hydrogen) atoms. The van der Waals surface area contributed by atoms with Crippen LogP contribution in [0.2, 0.25) is 0 Å². The minimum absolute atomic E-state index is 0.147. The highest BCUT2D eigenvalue weighted by Crippen LogP contribution is 2.33. The van der Waals surface area contributed by atoms with Gasteiger partial charge in [0.15, 0.2) is 0 Å². The fourth-order valence-electron chi connectivity index (χ4n) is 1.31. The van der Waals surface area contributed by atoms with E-state index in [-0.39, 0.29) is 11.9 Å². The van der Waals surface area contributed by atoms with E-state index in [0.29, 0.717) is 9.48 Å². The molecule has 0 aliphatic carbocycles. The third-order valence-corrected chi connectivity index (χ3v) is 4.37. The molecule has 0 amide bonds. The lowest BCUT2D eigenvalue weighted by Crippen LogP contribution is -2.11. The van der Waals surface area contributed by atoms with Crippen LogP contribution < -0.4 is 5.32 Å². The highest BCUT2D eigenvalue weighted by molar-refractivity contribution is 9.10. The van der Waals surface area contributed by atoms with Crippen molar-refractivity contribution in [3.8, 4) is 10.6 Å². The van der Waals surface area contributed by atoms with Crippen LogP contribution in [0.25, 0.3) is 10.6 Å². The van der Waals surface area contributed by atoms with Gasteiger partial charge in [-0.15, -0.1) is 10.2 Å². The summed E-state index contributed by atoms with van der Waals surface area (Å²) in [7, 11) is 1.86. The number of rotatable bonds is 3. The second-order valence-electron chi connectivity index (χ2n) is 3.56. The number of nitrogens with one attached hydrogen (secondary N) is 1. The first-order chi connectivity index (χ1) is 8.13. The van der Waals surface area contributed by atoms with Gasteiger partial charge in [0.2, 0.25) is 0 Å². The summed E-state index contributed by atoms with van der Waals surface area (Å²) in [6.45, 7) is 2.00. The van der Waals surface area contributed by atoms with Gasteiger partial charge in [-0.25, -0.2) is 4.39 Å². The molecule has 0 bridgehead atoms. The fraction of sp³-hybridized carbons (Fsp3) is 0.273. The van der Waals surface area contributed by atoms with Gasteiger partial charge in [0, 0.05) is 5.56 Å². The smallest absolute Gasteiger partial charge is 0.149 e. The van der Waals surface area contributed by atoms with Gasteiger partial charge >= 0.3 is 0 Å². The van der Waals surface area contributed by atoms with Crippen molar-refractivity contribution >= 4 is 27.3 Å². The zero-order valence-corrected chi connectivity index (χ0v) is 11.8. The fourth-order valence-corrected chi connectivity index (χ4v) is 2.83. The molecule has 2 aromatic rings. The van der Waals surface area contributed by atoms with Crippen molar-refractivity contribution in [2.24, 2.45) is 0 Å². The topological polar surface area (TPSA) is 37.8 Å². The molecule has 0 spiro atoms. The Morgan fingerprint density at radius 3 is 2.88 bits per heavy atom. The van der Waals surface area contributed by atoms with Crippen LogP contribution in [0.5, 0.6) is 0 Å². The Labute approximate surface area is 111 Å². The maximum Gasteiger partial charge on any atom is 0.149 e. The van der Waals surface area contributed by atoms with Gasteiger partial charge in [-0.2, -0.15) is 0 Å². The molecule has 0 fully saturated rings. The molecule has 6 heteroatoms. The molecular formula is C11H11BrFN3S. The molecule has 1 aromatic carbocycles. The molecule has 0 saturated carbocycles. The predicted molar refractivity (Wildman–Crippen MR) is 70.5 cm³/mol. The summed E-state index contributed by atoms with van der Waals surface area (Å²) in [6, 6.07) is 5.04. The summed E-state index contributed by atoms with van der Waals surface area (Å²) in [5, 5.41) is 12.9. The maximum absolute atomic E-state index is 13.4. The number of benzene rings is 1. The van der Waals surface area contributed by atoms with Gasteiger partial charge in [0.1, 0.15) is 15.8 Å². The number of nitrogens with zero attached hydrogens (tertiary/aromatic N) is 2. The summed E-state index contributed by atoms with van der Waals surface area (Å²) in [5.41, 5.74) is 0.733. The molecule has 90 valence electrons. The quantitative estimate of drug-likeness (QED) is 0.943. The first kappa shape index (κ1) is 12.6. The second kappa shape index (κ2) is 5.20. The Morgan fingerprint density at radius 1 is 1.41 bits per heavy atom. The minimum Gasteiger partial charge on any atom is -0.311 e. The average Bonchev–Trinajstić information content (AvgIpc) is 2.81. The second-order valence-corrected chi connectivity index (χ2v) is 5.36. The van der Waals surface area contributed by atoms with Gasteiger partial charge in [0.05, 0.1) is 10.5 Å². The van der Waals surface area contributed by atoms with Crippen molar-refractivity contribution in [1.82, 2.24) is 15.5 Å². The number of hydrogen-bond acceptors (Lipinski definition) is 4. The van der Waals surface area contributed by atoms with E-state index in [4.69, 9.17) is 0 Å². The first-order valence-electron chi connectivity index (χ1n) is 5.08. The van der Waals surface area contributed by atoms with E-state index >= 15 is 0 Å². The molecule has 1 atom stereocenters. The molecular weight excluding hydrogens is 305 g/mol. The predicted octanol–water partition coefficient (Wildman–Crippen LogP) is 3.39. The van der Waals surface area contributed by atoms with Crippen LogP contribution >= 0.6 is 27.3 Å². The van der Waals surface area contributed by atoms with Gasteiger partial charge in [-0.3, -0.25) is 0 Å². The standard InChI is InChI=1S/C11H11BrFN3S/c1-6(14-2)10-15-16-11(17-10)7-4-3-5-8(13)9(7)12/h3-6,14H,1-2H3. The number of hydrogen-bond donors (Lipinski definition) is 1. The third-order valence-electron chi connectivity index (χ3n) is 2.43. The Hall–Kier alpha value is -0.850. The van der Waals surface area contributed by atoms with E-state index < -0.39 is 0 Å². The molecule has 1 aromatic heterocycles. The van der Waals surface area contributed by atoms with Crippen molar-refractivity contribution in [2.75, 3.05) is 7.05 Å². The number of aromatic nitrogens is 2. The van der Waals surface area contributed by atoms with Crippen LogP contribution in [0.15, 0.2) is 22.7 Å². The monoisotopic (exact) mass is 315 g/mol. The molecule has 0 aliphatic rings. The van der Waals surface area contributed by atoms with Crippen molar-refractivity contribution in [3.63, 3.8) is 0 Å². The van der Waals surface area contributed by atoms with Crippen molar-refractivity contribution < 1.29 is 4.39 Å². The third kappa shape index (κ3) is 2.53. The van der Waals surface area contributed by atoms with E-state index in [1.807, 2.05) is 20.0 Å². The van der Waals surface area contributed by atoms with E-state index in [1.54, 1.807) is 6.07 Å². The molecule has 0 saturated heterocycles. The lowest BCUT2D eigenvalue weighted by atomic mass is 10.2. The Morgan fingerprint density at radius 2 is 2.18 bits per heavy atom. The Bertz CT molecular complexity index is 529. The molecule has 1 unspecified atom stereocenters. The van der Waals surface area contributed by atoms with Crippen LogP contribution in [0.1, 0.15) is 18.0 Å². The number of halogens is 2. The van der Waals surface area contributed by atoms with Gasteiger partial charge in [0.25, 0.3) is 0 Å².